The molecule has 0 aliphatic carbocycles. The predicted octanol–water partition coefficient (Wildman–Crippen LogP) is 4.91. The van der Waals surface area contributed by atoms with Crippen LogP contribution in [0, 0.1) is 0 Å². The van der Waals surface area contributed by atoms with Crippen molar-refractivity contribution in [3.05, 3.63) is 88.0 Å². The molecule has 1 N–H and O–H groups in total. The fourth-order valence-electron chi connectivity index (χ4n) is 2.70. The topological polar surface area (TPSA) is 55.1 Å². The quantitative estimate of drug-likeness (QED) is 0.517. The van der Waals surface area contributed by atoms with Gasteiger partial charge in [-0.3, -0.25) is 4.79 Å². The zero-order valence-corrected chi connectivity index (χ0v) is 15.4. The lowest BCUT2D eigenvalue weighted by Crippen LogP contribution is -2.30. The SMILES string of the molecule is O=C(Cc1csc(-c2ccsc2)n1)NC(c1ccccc1)c1ccco1. The number of amides is 1. The maximum Gasteiger partial charge on any atom is 0.226 e. The van der Waals surface area contributed by atoms with Gasteiger partial charge in [0.2, 0.25) is 5.91 Å². The third-order valence-electron chi connectivity index (χ3n) is 3.93. The van der Waals surface area contributed by atoms with E-state index in [1.165, 1.54) is 0 Å². The zero-order chi connectivity index (χ0) is 17.8. The summed E-state index contributed by atoms with van der Waals surface area (Å²) in [4.78, 5) is 17.2. The number of furan rings is 1. The molecule has 1 unspecified atom stereocenters. The number of hydrogen-bond acceptors (Lipinski definition) is 5. The molecule has 3 aromatic heterocycles. The number of nitrogens with one attached hydrogen (secondary N) is 1. The number of hydrogen-bond donors (Lipinski definition) is 1. The van der Waals surface area contributed by atoms with Gasteiger partial charge in [-0.2, -0.15) is 11.3 Å². The molecule has 0 aliphatic rings. The van der Waals surface area contributed by atoms with Crippen LogP contribution in [0.4, 0.5) is 0 Å². The number of thiophene rings is 1. The normalized spacial score (nSPS) is 12.0. The molecule has 130 valence electrons. The largest absolute Gasteiger partial charge is 0.467 e. The van der Waals surface area contributed by atoms with Gasteiger partial charge in [0.25, 0.3) is 0 Å². The van der Waals surface area contributed by atoms with Crippen LogP contribution in [-0.4, -0.2) is 10.9 Å². The van der Waals surface area contributed by atoms with Crippen molar-refractivity contribution in [3.63, 3.8) is 0 Å². The van der Waals surface area contributed by atoms with Crippen LogP contribution in [0.2, 0.25) is 0 Å². The first kappa shape index (κ1) is 16.8. The summed E-state index contributed by atoms with van der Waals surface area (Å²) in [6.45, 7) is 0. The van der Waals surface area contributed by atoms with Crippen LogP contribution in [0.25, 0.3) is 10.6 Å². The van der Waals surface area contributed by atoms with Crippen molar-refractivity contribution in [2.24, 2.45) is 0 Å². The fourth-order valence-corrected chi connectivity index (χ4v) is 4.24. The Balaban J connectivity index is 1.49. The Morgan fingerprint density at radius 3 is 2.73 bits per heavy atom. The molecule has 6 heteroatoms. The van der Waals surface area contributed by atoms with Crippen molar-refractivity contribution in [2.45, 2.75) is 12.5 Å². The van der Waals surface area contributed by atoms with Crippen LogP contribution >= 0.6 is 22.7 Å². The molecule has 1 atom stereocenters. The van der Waals surface area contributed by atoms with E-state index in [4.69, 9.17) is 4.42 Å². The lowest BCUT2D eigenvalue weighted by molar-refractivity contribution is -0.121. The highest BCUT2D eigenvalue weighted by molar-refractivity contribution is 7.14. The summed E-state index contributed by atoms with van der Waals surface area (Å²) < 4.78 is 5.53. The van der Waals surface area contributed by atoms with Gasteiger partial charge in [-0.25, -0.2) is 4.98 Å². The van der Waals surface area contributed by atoms with E-state index >= 15 is 0 Å². The van der Waals surface area contributed by atoms with E-state index in [0.29, 0.717) is 5.76 Å². The van der Waals surface area contributed by atoms with Crippen molar-refractivity contribution < 1.29 is 9.21 Å². The number of rotatable bonds is 6. The maximum absolute atomic E-state index is 12.6. The van der Waals surface area contributed by atoms with Gasteiger partial charge in [0.1, 0.15) is 16.8 Å². The van der Waals surface area contributed by atoms with E-state index in [2.05, 4.69) is 15.7 Å². The predicted molar refractivity (Wildman–Crippen MR) is 104 cm³/mol. The summed E-state index contributed by atoms with van der Waals surface area (Å²) in [6.07, 6.45) is 1.86. The van der Waals surface area contributed by atoms with Crippen LogP contribution < -0.4 is 5.32 Å². The van der Waals surface area contributed by atoms with Crippen molar-refractivity contribution >= 4 is 28.6 Å². The summed E-state index contributed by atoms with van der Waals surface area (Å²) >= 11 is 3.20. The van der Waals surface area contributed by atoms with Gasteiger partial charge in [0, 0.05) is 16.3 Å². The molecule has 4 aromatic rings. The second kappa shape index (κ2) is 7.68. The van der Waals surface area contributed by atoms with E-state index in [1.807, 2.05) is 59.3 Å². The average molecular weight is 380 g/mol. The third-order valence-corrected chi connectivity index (χ3v) is 5.55. The van der Waals surface area contributed by atoms with Crippen LogP contribution in [-0.2, 0) is 11.2 Å². The van der Waals surface area contributed by atoms with Crippen molar-refractivity contribution in [1.29, 1.82) is 0 Å². The first-order chi connectivity index (χ1) is 12.8. The van der Waals surface area contributed by atoms with Crippen LogP contribution in [0.1, 0.15) is 23.1 Å². The van der Waals surface area contributed by atoms with Gasteiger partial charge in [-0.15, -0.1) is 11.3 Å². The van der Waals surface area contributed by atoms with Crippen molar-refractivity contribution in [3.8, 4) is 10.6 Å². The Kier molecular flexibility index (Phi) is 4.95. The minimum absolute atomic E-state index is 0.0857. The standard InChI is InChI=1S/C20H16N2O2S2/c23-18(11-16-13-26-20(21-16)15-8-10-25-12-15)22-19(17-7-4-9-24-17)14-5-2-1-3-6-14/h1-10,12-13,19H,11H2,(H,22,23). The minimum Gasteiger partial charge on any atom is -0.467 e. The van der Waals surface area contributed by atoms with Crippen LogP contribution in [0.3, 0.4) is 0 Å². The number of benzene rings is 1. The molecular formula is C20H16N2O2S2. The molecule has 0 fully saturated rings. The molecule has 0 saturated heterocycles. The Morgan fingerprint density at radius 2 is 2.00 bits per heavy atom. The lowest BCUT2D eigenvalue weighted by atomic mass is 10.0. The fraction of sp³-hybridized carbons (Fsp3) is 0.100. The molecule has 0 saturated carbocycles. The van der Waals surface area contributed by atoms with E-state index < -0.39 is 0 Å². The molecule has 4 rings (SSSR count). The highest BCUT2D eigenvalue weighted by Gasteiger charge is 2.20. The van der Waals surface area contributed by atoms with Gasteiger partial charge in [-0.05, 0) is 29.1 Å². The van der Waals surface area contributed by atoms with Crippen LogP contribution in [0.5, 0.6) is 0 Å². The van der Waals surface area contributed by atoms with Crippen LogP contribution in [0.15, 0.2) is 75.4 Å². The number of carbonyl (C=O) groups excluding carboxylic acids is 1. The number of aromatic nitrogens is 1. The smallest absolute Gasteiger partial charge is 0.226 e. The molecule has 0 spiro atoms. The number of carbonyl (C=O) groups is 1. The Hall–Kier alpha value is -2.70. The highest BCUT2D eigenvalue weighted by atomic mass is 32.1. The van der Waals surface area contributed by atoms with Crippen molar-refractivity contribution in [1.82, 2.24) is 10.3 Å². The van der Waals surface area contributed by atoms with E-state index in [-0.39, 0.29) is 18.4 Å². The van der Waals surface area contributed by atoms with E-state index in [9.17, 15) is 4.79 Å². The summed E-state index contributed by atoms with van der Waals surface area (Å²) in [5.74, 6) is 0.624. The minimum atomic E-state index is -0.311. The van der Waals surface area contributed by atoms with E-state index in [1.54, 1.807) is 28.9 Å². The highest BCUT2D eigenvalue weighted by Crippen LogP contribution is 2.26. The number of nitrogens with zero attached hydrogens (tertiary/aromatic N) is 1. The maximum atomic E-state index is 12.6. The Bertz CT molecular complexity index is 961. The average Bonchev–Trinajstić information content (AvgIpc) is 3.41. The summed E-state index contributed by atoms with van der Waals surface area (Å²) in [5.41, 5.74) is 2.86. The molecule has 0 radical (unpaired) electrons. The molecule has 4 nitrogen and oxygen atoms in total. The third kappa shape index (κ3) is 3.76. The summed E-state index contributed by atoms with van der Waals surface area (Å²) in [5, 5.41) is 10.0. The Labute approximate surface area is 159 Å². The zero-order valence-electron chi connectivity index (χ0n) is 13.8. The van der Waals surface area contributed by atoms with E-state index in [0.717, 1.165) is 21.8 Å². The molecule has 3 heterocycles. The molecular weight excluding hydrogens is 364 g/mol. The summed E-state index contributed by atoms with van der Waals surface area (Å²) in [7, 11) is 0. The summed E-state index contributed by atoms with van der Waals surface area (Å²) in [6, 6.07) is 15.2. The first-order valence-electron chi connectivity index (χ1n) is 8.14. The van der Waals surface area contributed by atoms with Gasteiger partial charge in [0.05, 0.1) is 18.4 Å². The second-order valence-corrected chi connectivity index (χ2v) is 7.40. The van der Waals surface area contributed by atoms with Crippen molar-refractivity contribution in [2.75, 3.05) is 0 Å². The molecule has 0 aliphatic heterocycles. The first-order valence-corrected chi connectivity index (χ1v) is 9.96. The number of thiazole rings is 1. The van der Waals surface area contributed by atoms with Gasteiger partial charge in [-0.1, -0.05) is 30.3 Å². The Morgan fingerprint density at radius 1 is 1.12 bits per heavy atom. The van der Waals surface area contributed by atoms with Gasteiger partial charge in [0.15, 0.2) is 0 Å². The molecule has 0 bridgehead atoms. The molecule has 1 amide bonds. The molecule has 26 heavy (non-hydrogen) atoms. The monoisotopic (exact) mass is 380 g/mol. The lowest BCUT2D eigenvalue weighted by Gasteiger charge is -2.17. The molecule has 1 aromatic carbocycles. The van der Waals surface area contributed by atoms with Gasteiger partial charge >= 0.3 is 0 Å². The van der Waals surface area contributed by atoms with Gasteiger partial charge < -0.3 is 9.73 Å². The second-order valence-electron chi connectivity index (χ2n) is 5.76.